The highest BCUT2D eigenvalue weighted by atomic mass is 35.5. The van der Waals surface area contributed by atoms with Crippen LogP contribution >= 0.6 is 24.8 Å². The number of hydrogen-bond acceptors (Lipinski definition) is 4. The van der Waals surface area contributed by atoms with E-state index in [4.69, 9.17) is 4.74 Å². The van der Waals surface area contributed by atoms with Gasteiger partial charge in [-0.1, -0.05) is 31.2 Å². The lowest BCUT2D eigenvalue weighted by molar-refractivity contribution is -0.120. The lowest BCUT2D eigenvalue weighted by atomic mass is 9.99. The van der Waals surface area contributed by atoms with E-state index in [9.17, 15) is 4.79 Å². The molecule has 1 aliphatic rings. The summed E-state index contributed by atoms with van der Waals surface area (Å²) < 4.78 is 4.93. The second-order valence-corrected chi connectivity index (χ2v) is 6.72. The van der Waals surface area contributed by atoms with Crippen LogP contribution in [0.3, 0.4) is 0 Å². The van der Waals surface area contributed by atoms with Gasteiger partial charge in [-0.3, -0.25) is 9.69 Å². The SMILES string of the molecule is COCCNCC(=O)NCc1ccc(CN2CCC(C)CC2)cc1.Cl.Cl. The van der Waals surface area contributed by atoms with E-state index in [0.29, 0.717) is 26.2 Å². The van der Waals surface area contributed by atoms with Crippen LogP contribution in [0.25, 0.3) is 0 Å². The van der Waals surface area contributed by atoms with Crippen LogP contribution in [0.15, 0.2) is 24.3 Å². The first-order valence-corrected chi connectivity index (χ1v) is 8.94. The van der Waals surface area contributed by atoms with Gasteiger partial charge in [0.1, 0.15) is 0 Å². The zero-order valence-corrected chi connectivity index (χ0v) is 17.5. The molecule has 0 bridgehead atoms. The second-order valence-electron chi connectivity index (χ2n) is 6.72. The molecule has 0 unspecified atom stereocenters. The number of rotatable bonds is 9. The highest BCUT2D eigenvalue weighted by Crippen LogP contribution is 2.18. The highest BCUT2D eigenvalue weighted by Gasteiger charge is 2.15. The van der Waals surface area contributed by atoms with Gasteiger partial charge in [-0.05, 0) is 43.0 Å². The van der Waals surface area contributed by atoms with Gasteiger partial charge >= 0.3 is 0 Å². The van der Waals surface area contributed by atoms with Crippen LogP contribution in [0.2, 0.25) is 0 Å². The van der Waals surface area contributed by atoms with E-state index < -0.39 is 0 Å². The van der Waals surface area contributed by atoms with E-state index in [0.717, 1.165) is 18.0 Å². The summed E-state index contributed by atoms with van der Waals surface area (Å²) in [7, 11) is 1.65. The number of benzene rings is 1. The van der Waals surface area contributed by atoms with Crippen LogP contribution in [-0.4, -0.2) is 50.7 Å². The van der Waals surface area contributed by atoms with E-state index in [-0.39, 0.29) is 30.7 Å². The average Bonchev–Trinajstić information content (AvgIpc) is 2.60. The monoisotopic (exact) mass is 405 g/mol. The summed E-state index contributed by atoms with van der Waals surface area (Å²) in [5.41, 5.74) is 2.48. The van der Waals surface area contributed by atoms with Gasteiger partial charge in [0.15, 0.2) is 0 Å². The molecule has 0 saturated carbocycles. The Bertz CT molecular complexity index is 492. The predicted octanol–water partition coefficient (Wildman–Crippen LogP) is 2.61. The van der Waals surface area contributed by atoms with Crippen molar-refractivity contribution in [3.63, 3.8) is 0 Å². The van der Waals surface area contributed by atoms with Crippen molar-refractivity contribution in [3.05, 3.63) is 35.4 Å². The first-order chi connectivity index (χ1) is 11.7. The molecule has 1 saturated heterocycles. The third kappa shape index (κ3) is 9.74. The van der Waals surface area contributed by atoms with Crippen molar-refractivity contribution >= 4 is 30.7 Å². The summed E-state index contributed by atoms with van der Waals surface area (Å²) in [4.78, 5) is 14.2. The van der Waals surface area contributed by atoms with E-state index in [2.05, 4.69) is 46.7 Å². The minimum atomic E-state index is 0. The summed E-state index contributed by atoms with van der Waals surface area (Å²) in [5, 5.41) is 5.97. The Morgan fingerprint density at radius 2 is 1.77 bits per heavy atom. The molecule has 1 amide bonds. The van der Waals surface area contributed by atoms with Gasteiger partial charge in [-0.25, -0.2) is 0 Å². The van der Waals surface area contributed by atoms with Gasteiger partial charge in [0, 0.05) is 26.7 Å². The summed E-state index contributed by atoms with van der Waals surface area (Å²) >= 11 is 0. The fourth-order valence-electron chi connectivity index (χ4n) is 2.88. The Balaban J connectivity index is 0.00000312. The van der Waals surface area contributed by atoms with Crippen LogP contribution in [0.5, 0.6) is 0 Å². The molecule has 5 nitrogen and oxygen atoms in total. The molecule has 7 heteroatoms. The number of carbonyl (C=O) groups excluding carboxylic acids is 1. The number of ether oxygens (including phenoxy) is 1. The lowest BCUT2D eigenvalue weighted by Gasteiger charge is -2.30. The molecule has 0 aliphatic carbocycles. The minimum absolute atomic E-state index is 0. The molecule has 1 aromatic carbocycles. The summed E-state index contributed by atoms with van der Waals surface area (Å²) in [6, 6.07) is 8.58. The summed E-state index contributed by atoms with van der Waals surface area (Å²) in [6.45, 7) is 7.99. The third-order valence-electron chi connectivity index (χ3n) is 4.56. The van der Waals surface area contributed by atoms with Crippen molar-refractivity contribution in [3.8, 4) is 0 Å². The number of halogens is 2. The quantitative estimate of drug-likeness (QED) is 0.619. The van der Waals surface area contributed by atoms with E-state index >= 15 is 0 Å². The maximum atomic E-state index is 11.7. The molecule has 1 fully saturated rings. The Kier molecular flexibility index (Phi) is 13.8. The van der Waals surface area contributed by atoms with Crippen LogP contribution < -0.4 is 10.6 Å². The predicted molar refractivity (Wildman–Crippen MR) is 111 cm³/mol. The maximum absolute atomic E-state index is 11.7. The number of carbonyl (C=O) groups is 1. The molecular weight excluding hydrogens is 373 g/mol. The topological polar surface area (TPSA) is 53.6 Å². The maximum Gasteiger partial charge on any atom is 0.234 e. The molecule has 1 heterocycles. The largest absolute Gasteiger partial charge is 0.383 e. The smallest absolute Gasteiger partial charge is 0.234 e. The third-order valence-corrected chi connectivity index (χ3v) is 4.56. The molecule has 0 aromatic heterocycles. The zero-order chi connectivity index (χ0) is 17.2. The van der Waals surface area contributed by atoms with Crippen molar-refractivity contribution in [1.29, 1.82) is 0 Å². The van der Waals surface area contributed by atoms with E-state index in [1.807, 2.05) is 0 Å². The number of nitrogens with one attached hydrogen (secondary N) is 2. The van der Waals surface area contributed by atoms with Crippen molar-refractivity contribution in [1.82, 2.24) is 15.5 Å². The van der Waals surface area contributed by atoms with Gasteiger partial charge in [-0.15, -0.1) is 24.8 Å². The molecule has 150 valence electrons. The van der Waals surface area contributed by atoms with Gasteiger partial charge in [0.05, 0.1) is 13.2 Å². The number of piperidine rings is 1. The highest BCUT2D eigenvalue weighted by molar-refractivity contribution is 5.85. The first kappa shape index (κ1) is 25.1. The van der Waals surface area contributed by atoms with E-state index in [1.165, 1.54) is 31.5 Å². The van der Waals surface area contributed by atoms with Crippen LogP contribution in [-0.2, 0) is 22.6 Å². The van der Waals surface area contributed by atoms with Gasteiger partial charge < -0.3 is 15.4 Å². The standard InChI is InChI=1S/C19H31N3O2.2ClH/c1-16-7-10-22(11-8-16)15-18-5-3-17(4-6-18)13-21-19(23)14-20-9-12-24-2;;/h3-6,16,20H,7-15H2,1-2H3,(H,21,23);2*1H. The molecule has 0 atom stereocenters. The molecule has 1 aromatic rings. The van der Waals surface area contributed by atoms with Crippen molar-refractivity contribution in [2.75, 3.05) is 39.9 Å². The number of likely N-dealkylation sites (tertiary alicyclic amines) is 1. The number of hydrogen-bond donors (Lipinski definition) is 2. The van der Waals surface area contributed by atoms with Crippen molar-refractivity contribution < 1.29 is 9.53 Å². The number of nitrogens with zero attached hydrogens (tertiary/aromatic N) is 1. The molecular formula is C19H33Cl2N3O2. The Hall–Kier alpha value is -0.850. The Morgan fingerprint density at radius 1 is 1.15 bits per heavy atom. The molecule has 26 heavy (non-hydrogen) atoms. The molecule has 0 spiro atoms. The Morgan fingerprint density at radius 3 is 2.38 bits per heavy atom. The van der Waals surface area contributed by atoms with E-state index in [1.54, 1.807) is 7.11 Å². The van der Waals surface area contributed by atoms with Crippen LogP contribution in [0.1, 0.15) is 30.9 Å². The van der Waals surface area contributed by atoms with Gasteiger partial charge in [0.25, 0.3) is 0 Å². The molecule has 2 rings (SSSR count). The summed E-state index contributed by atoms with van der Waals surface area (Å²) in [5.74, 6) is 0.883. The van der Waals surface area contributed by atoms with Crippen LogP contribution in [0, 0.1) is 5.92 Å². The van der Waals surface area contributed by atoms with Crippen molar-refractivity contribution in [2.45, 2.75) is 32.9 Å². The summed E-state index contributed by atoms with van der Waals surface area (Å²) in [6.07, 6.45) is 2.62. The van der Waals surface area contributed by atoms with Crippen LogP contribution in [0.4, 0.5) is 0 Å². The molecule has 1 aliphatic heterocycles. The first-order valence-electron chi connectivity index (χ1n) is 8.94. The van der Waals surface area contributed by atoms with Crippen molar-refractivity contribution in [2.24, 2.45) is 5.92 Å². The zero-order valence-electron chi connectivity index (χ0n) is 15.8. The number of methoxy groups -OCH3 is 1. The fraction of sp³-hybridized carbons (Fsp3) is 0.632. The number of amides is 1. The lowest BCUT2D eigenvalue weighted by Crippen LogP contribution is -2.34. The molecule has 2 N–H and O–H groups in total. The Labute approximate surface area is 170 Å². The minimum Gasteiger partial charge on any atom is -0.383 e. The molecule has 0 radical (unpaired) electrons. The van der Waals surface area contributed by atoms with Gasteiger partial charge in [-0.2, -0.15) is 0 Å². The fourth-order valence-corrected chi connectivity index (χ4v) is 2.88. The average molecular weight is 406 g/mol. The second kappa shape index (κ2) is 14.2. The van der Waals surface area contributed by atoms with Gasteiger partial charge in [0.2, 0.25) is 5.91 Å². The normalized spacial score (nSPS) is 15.0.